The van der Waals surface area contributed by atoms with Crippen LogP contribution in [0.1, 0.15) is 34.1 Å². The lowest BCUT2D eigenvalue weighted by Crippen LogP contribution is -2.68. The number of quaternary nitrogens is 1. The Hall–Kier alpha value is -1.55. The van der Waals surface area contributed by atoms with Crippen LogP contribution in [0.15, 0.2) is 0 Å². The number of ether oxygens (including phenoxy) is 2. The van der Waals surface area contributed by atoms with Gasteiger partial charge in [-0.1, -0.05) is 0 Å². The molecule has 0 spiro atoms. The number of carbonyl (C=O) groups is 2. The van der Waals surface area contributed by atoms with Crippen LogP contribution in [0.5, 0.6) is 0 Å². The minimum atomic E-state index is -4.69. The Labute approximate surface area is 150 Å². The topological polar surface area (TPSA) is 76.1 Å². The van der Waals surface area contributed by atoms with E-state index in [0.717, 1.165) is 6.92 Å². The van der Waals surface area contributed by atoms with Crippen LogP contribution in [0.3, 0.4) is 0 Å². The van der Waals surface area contributed by atoms with Crippen molar-refractivity contribution in [1.29, 1.82) is 0 Å². The monoisotopic (exact) mass is 383 g/mol. The maximum atomic E-state index is 13.4. The summed E-state index contributed by atoms with van der Waals surface area (Å²) >= 11 is 0. The van der Waals surface area contributed by atoms with Crippen molar-refractivity contribution in [1.82, 2.24) is 4.90 Å². The number of rotatable bonds is 2. The number of hydrogen-bond acceptors (Lipinski definition) is 4. The Morgan fingerprint density at radius 3 is 2.31 bits per heavy atom. The van der Waals surface area contributed by atoms with E-state index in [1.165, 1.54) is 12.0 Å². The lowest BCUT2D eigenvalue weighted by atomic mass is 9.97. The molecule has 4 atom stereocenters. The molecular weight excluding hydrogens is 357 g/mol. The molecule has 0 radical (unpaired) electrons. The summed E-state index contributed by atoms with van der Waals surface area (Å²) in [5.41, 5.74) is -1.91. The first-order valence-corrected chi connectivity index (χ1v) is 8.40. The van der Waals surface area contributed by atoms with Gasteiger partial charge in [-0.25, -0.2) is 9.28 Å². The summed E-state index contributed by atoms with van der Waals surface area (Å²) in [6.45, 7) is 5.52. The number of fused-ring (bicyclic) bond motifs is 1. The largest absolute Gasteiger partial charge is 0.514 e. The van der Waals surface area contributed by atoms with Crippen LogP contribution in [0.4, 0.5) is 22.8 Å². The van der Waals surface area contributed by atoms with Crippen molar-refractivity contribution in [2.75, 3.05) is 26.7 Å². The van der Waals surface area contributed by atoms with Gasteiger partial charge < -0.3 is 14.6 Å². The molecule has 2 aliphatic rings. The van der Waals surface area contributed by atoms with Crippen molar-refractivity contribution in [3.8, 4) is 0 Å². The highest BCUT2D eigenvalue weighted by atomic mass is 19.4. The molecule has 0 aromatic carbocycles. The highest BCUT2D eigenvalue weighted by Crippen LogP contribution is 2.47. The Morgan fingerprint density at radius 2 is 1.88 bits per heavy atom. The Kier molecular flexibility index (Phi) is 5.00. The molecule has 2 fully saturated rings. The van der Waals surface area contributed by atoms with Crippen molar-refractivity contribution >= 4 is 12.2 Å². The number of halogens is 3. The van der Waals surface area contributed by atoms with Crippen molar-refractivity contribution in [2.45, 2.75) is 63.6 Å². The van der Waals surface area contributed by atoms with Gasteiger partial charge in [0.1, 0.15) is 17.2 Å². The van der Waals surface area contributed by atoms with Gasteiger partial charge in [0.05, 0.1) is 19.6 Å². The van der Waals surface area contributed by atoms with E-state index in [2.05, 4.69) is 0 Å². The second-order valence-corrected chi connectivity index (χ2v) is 8.05. The van der Waals surface area contributed by atoms with Crippen molar-refractivity contribution in [3.63, 3.8) is 0 Å². The number of amides is 2. The van der Waals surface area contributed by atoms with Crippen LogP contribution in [-0.2, 0) is 9.47 Å². The van der Waals surface area contributed by atoms with Crippen LogP contribution in [0.2, 0.25) is 0 Å². The number of hydrogen-bond donors (Lipinski definition) is 1. The van der Waals surface area contributed by atoms with Gasteiger partial charge in [0.25, 0.3) is 0 Å². The van der Waals surface area contributed by atoms with Gasteiger partial charge in [0.2, 0.25) is 0 Å². The van der Waals surface area contributed by atoms with E-state index >= 15 is 0 Å². The van der Waals surface area contributed by atoms with E-state index in [9.17, 15) is 27.9 Å². The number of carboxylic acid groups (broad SMARTS) is 1. The summed E-state index contributed by atoms with van der Waals surface area (Å²) in [6, 6.07) is -3.16. The van der Waals surface area contributed by atoms with Crippen molar-refractivity contribution < 1.29 is 41.8 Å². The van der Waals surface area contributed by atoms with E-state index in [1.807, 2.05) is 0 Å². The smallest absolute Gasteiger partial charge is 0.444 e. The first kappa shape index (κ1) is 20.8. The summed E-state index contributed by atoms with van der Waals surface area (Å²) < 4.78 is 49.9. The minimum absolute atomic E-state index is 0.000930. The van der Waals surface area contributed by atoms with Gasteiger partial charge >= 0.3 is 18.4 Å². The number of nitrogens with zero attached hydrogens (tertiary/aromatic N) is 2. The molecule has 0 saturated carbocycles. The molecule has 0 bridgehead atoms. The third-order valence-electron chi connectivity index (χ3n) is 5.50. The lowest BCUT2D eigenvalue weighted by molar-refractivity contribution is -0.905. The minimum Gasteiger partial charge on any atom is -0.444 e. The second kappa shape index (κ2) is 6.26. The molecule has 10 heteroatoms. The maximum Gasteiger partial charge on any atom is 0.514 e. The molecule has 0 aliphatic carbocycles. The molecule has 2 heterocycles. The van der Waals surface area contributed by atoms with Crippen molar-refractivity contribution in [3.05, 3.63) is 0 Å². The predicted octanol–water partition coefficient (Wildman–Crippen LogP) is 2.84. The van der Waals surface area contributed by atoms with Crippen LogP contribution < -0.4 is 0 Å². The van der Waals surface area contributed by atoms with E-state index in [0.29, 0.717) is 0 Å². The zero-order chi connectivity index (χ0) is 20.1. The van der Waals surface area contributed by atoms with Gasteiger partial charge in [0.15, 0.2) is 6.04 Å². The normalized spacial score (nSPS) is 33.1. The van der Waals surface area contributed by atoms with Crippen LogP contribution in [0, 0.1) is 0 Å². The zero-order valence-corrected chi connectivity index (χ0v) is 15.6. The van der Waals surface area contributed by atoms with Crippen LogP contribution in [-0.4, -0.2) is 82.9 Å². The highest BCUT2D eigenvalue weighted by molar-refractivity contribution is 5.69. The fourth-order valence-corrected chi connectivity index (χ4v) is 4.10. The van der Waals surface area contributed by atoms with Gasteiger partial charge in [-0.05, 0) is 27.7 Å². The summed E-state index contributed by atoms with van der Waals surface area (Å²) in [6.07, 6.45) is -6.84. The average Bonchev–Trinajstić information content (AvgIpc) is 2.98. The zero-order valence-electron chi connectivity index (χ0n) is 15.6. The summed E-state index contributed by atoms with van der Waals surface area (Å²) in [5.74, 6) is 0. The highest BCUT2D eigenvalue weighted by Gasteiger charge is 2.72. The number of likely N-dealkylation sites (tertiary alicyclic amines) is 2. The van der Waals surface area contributed by atoms with E-state index < -0.39 is 46.1 Å². The molecule has 26 heavy (non-hydrogen) atoms. The van der Waals surface area contributed by atoms with E-state index in [1.54, 1.807) is 20.8 Å². The molecule has 1 N–H and O–H groups in total. The summed E-state index contributed by atoms with van der Waals surface area (Å²) in [4.78, 5) is 25.6. The number of alkyl halides is 3. The fraction of sp³-hybridized carbons (Fsp3) is 0.875. The third kappa shape index (κ3) is 3.24. The van der Waals surface area contributed by atoms with Gasteiger partial charge in [-0.15, -0.1) is 0 Å². The molecule has 2 aliphatic heterocycles. The van der Waals surface area contributed by atoms with Gasteiger partial charge in [0, 0.05) is 13.5 Å². The second-order valence-electron chi connectivity index (χ2n) is 8.05. The number of methoxy groups -OCH3 is 1. The van der Waals surface area contributed by atoms with E-state index in [-0.39, 0.29) is 26.1 Å². The molecular formula is C16H26F3N2O5+. The van der Waals surface area contributed by atoms with Gasteiger partial charge in [-0.3, -0.25) is 4.90 Å². The van der Waals surface area contributed by atoms with Crippen LogP contribution in [0.25, 0.3) is 0 Å². The van der Waals surface area contributed by atoms with Gasteiger partial charge in [-0.2, -0.15) is 18.0 Å². The lowest BCUT2D eigenvalue weighted by Gasteiger charge is -2.40. The Balaban J connectivity index is 2.40. The maximum absolute atomic E-state index is 13.4. The molecule has 7 nitrogen and oxygen atoms in total. The summed E-state index contributed by atoms with van der Waals surface area (Å²) in [5, 5.41) is 9.75. The molecule has 2 saturated heterocycles. The molecule has 1 unspecified atom stereocenters. The standard InChI is InChI=1S/C16H25F3N2O5/c1-10(16(17,18)19)21(13(23)24)7-6-15(25-5)9-20(8-11(15)21)12(22)26-14(2,3)4/h10-11H,6-9H2,1-5H3/p+1/t10-,11+,15+,21?/m0/s1. The van der Waals surface area contributed by atoms with Crippen LogP contribution >= 0.6 is 0 Å². The Bertz CT molecular complexity index is 591. The number of carbonyl (C=O) groups excluding carboxylic acids is 1. The quantitative estimate of drug-likeness (QED) is 0.742. The molecule has 150 valence electrons. The Morgan fingerprint density at radius 1 is 1.31 bits per heavy atom. The molecule has 2 rings (SSSR count). The fourth-order valence-electron chi connectivity index (χ4n) is 4.10. The first-order chi connectivity index (χ1) is 11.7. The third-order valence-corrected chi connectivity index (χ3v) is 5.50. The molecule has 0 aromatic heterocycles. The molecule has 0 aromatic rings. The molecule has 2 amide bonds. The first-order valence-electron chi connectivity index (χ1n) is 8.40. The predicted molar refractivity (Wildman–Crippen MR) is 84.6 cm³/mol. The van der Waals surface area contributed by atoms with E-state index in [4.69, 9.17) is 9.47 Å². The summed E-state index contributed by atoms with van der Waals surface area (Å²) in [7, 11) is 1.34. The van der Waals surface area contributed by atoms with Crippen molar-refractivity contribution in [2.24, 2.45) is 0 Å². The average molecular weight is 383 g/mol. The SMILES string of the molecule is CO[C@@]12CC[N+](C(=O)O)([C@@H](C)C(F)(F)F)[C@@H]1CN(C(=O)OC(C)(C)C)C2.